The minimum Gasteiger partial charge on any atom is -0.370 e. The number of nitrogens with one attached hydrogen (secondary N) is 1. The maximum absolute atomic E-state index is 11.6. The summed E-state index contributed by atoms with van der Waals surface area (Å²) in [6.07, 6.45) is 10.4. The first-order valence-corrected chi connectivity index (χ1v) is 9.96. The average Bonchev–Trinajstić information content (AvgIpc) is 2.67. The second-order valence-electron chi connectivity index (χ2n) is 7.89. The van der Waals surface area contributed by atoms with Gasteiger partial charge < -0.3 is 10.1 Å². The van der Waals surface area contributed by atoms with Crippen LogP contribution in [0.15, 0.2) is 36.5 Å². The zero-order chi connectivity index (χ0) is 17.9. The average molecular weight is 352 g/mol. The molecule has 4 rings (SSSR count). The molecule has 1 saturated carbocycles. The fourth-order valence-electron chi connectivity index (χ4n) is 4.65. The van der Waals surface area contributed by atoms with Gasteiger partial charge in [-0.05, 0) is 49.3 Å². The number of aromatic nitrogens is 1. The normalized spacial score (nSPS) is 27.3. The molecule has 0 spiro atoms. The summed E-state index contributed by atoms with van der Waals surface area (Å²) in [7, 11) is 0. The minimum atomic E-state index is 0.00429. The molecule has 0 radical (unpaired) electrons. The zero-order valence-electron chi connectivity index (χ0n) is 15.5. The molecule has 4 nitrogen and oxygen atoms in total. The number of benzene rings is 1. The summed E-state index contributed by atoms with van der Waals surface area (Å²) in [6, 6.07) is 10.6. The number of rotatable bonds is 3. The van der Waals surface area contributed by atoms with Crippen molar-refractivity contribution in [2.75, 3.05) is 0 Å². The number of carbonyl (C=O) groups is 1. The summed E-state index contributed by atoms with van der Waals surface area (Å²) in [5.74, 6) is 0.672. The van der Waals surface area contributed by atoms with Crippen LogP contribution < -0.4 is 5.32 Å². The van der Waals surface area contributed by atoms with Crippen LogP contribution in [0.1, 0.15) is 63.5 Å². The molecule has 1 N–H and O–H groups in total. The Kier molecular flexibility index (Phi) is 5.21. The molecule has 3 atom stereocenters. The van der Waals surface area contributed by atoms with E-state index < -0.39 is 0 Å². The van der Waals surface area contributed by atoms with E-state index in [9.17, 15) is 4.79 Å². The van der Waals surface area contributed by atoms with Gasteiger partial charge in [-0.3, -0.25) is 9.78 Å². The highest BCUT2D eigenvalue weighted by atomic mass is 16.5. The number of fused-ring (bicyclic) bond motifs is 1. The van der Waals surface area contributed by atoms with Crippen molar-refractivity contribution in [2.45, 2.75) is 70.1 Å². The Labute approximate surface area is 155 Å². The smallest absolute Gasteiger partial charge is 0.217 e. The van der Waals surface area contributed by atoms with Crippen molar-refractivity contribution < 1.29 is 9.53 Å². The van der Waals surface area contributed by atoms with Crippen molar-refractivity contribution in [3.63, 3.8) is 0 Å². The van der Waals surface area contributed by atoms with Gasteiger partial charge in [0.2, 0.25) is 5.91 Å². The van der Waals surface area contributed by atoms with Gasteiger partial charge in [-0.2, -0.15) is 0 Å². The monoisotopic (exact) mass is 352 g/mol. The molecule has 0 bridgehead atoms. The molecule has 2 fully saturated rings. The van der Waals surface area contributed by atoms with Gasteiger partial charge in [0.05, 0.1) is 17.7 Å². The summed E-state index contributed by atoms with van der Waals surface area (Å²) in [5.41, 5.74) is 2.13. The van der Waals surface area contributed by atoms with Crippen LogP contribution >= 0.6 is 0 Å². The molecule has 1 aliphatic heterocycles. The van der Waals surface area contributed by atoms with Gasteiger partial charge >= 0.3 is 0 Å². The van der Waals surface area contributed by atoms with Gasteiger partial charge in [0.15, 0.2) is 0 Å². The quantitative estimate of drug-likeness (QED) is 0.882. The second kappa shape index (κ2) is 7.75. The standard InChI is InChI=1S/C22H28N2O2/c1-15(25)24-19-12-21(16-7-3-2-4-8-16)26-22(13-19)18-11-17-9-5-6-10-20(17)23-14-18/h5-6,9-11,14,16,19,21-22H,2-4,7-8,12-13H2,1H3,(H,24,25)/t19-,21-,22+/m1/s1. The van der Waals surface area contributed by atoms with Crippen molar-refractivity contribution in [1.82, 2.24) is 10.3 Å². The van der Waals surface area contributed by atoms with Crippen LogP contribution in [0.2, 0.25) is 0 Å². The SMILES string of the molecule is CC(=O)N[C@H]1C[C@@H](c2cnc3ccccc3c2)O[C@@H](C2CCCCC2)C1. The topological polar surface area (TPSA) is 51.2 Å². The minimum absolute atomic E-state index is 0.00429. The summed E-state index contributed by atoms with van der Waals surface area (Å²) in [5, 5.41) is 4.29. The highest BCUT2D eigenvalue weighted by Gasteiger charge is 2.35. The van der Waals surface area contributed by atoms with Crippen LogP contribution in [0.3, 0.4) is 0 Å². The lowest BCUT2D eigenvalue weighted by atomic mass is 9.80. The number of para-hydroxylation sites is 1. The van der Waals surface area contributed by atoms with E-state index in [1.54, 1.807) is 6.92 Å². The Hall–Kier alpha value is -1.94. The molecule has 0 unspecified atom stereocenters. The van der Waals surface area contributed by atoms with Crippen LogP contribution in [0.4, 0.5) is 0 Å². The van der Waals surface area contributed by atoms with Crippen LogP contribution in [0.5, 0.6) is 0 Å². The Morgan fingerprint density at radius 2 is 1.96 bits per heavy atom. The van der Waals surface area contributed by atoms with Gasteiger partial charge in [0.1, 0.15) is 0 Å². The molecule has 2 aromatic rings. The highest BCUT2D eigenvalue weighted by Crippen LogP contribution is 2.39. The summed E-state index contributed by atoms with van der Waals surface area (Å²) in [4.78, 5) is 16.3. The van der Waals surface area contributed by atoms with Crippen molar-refractivity contribution in [3.05, 3.63) is 42.1 Å². The lowest BCUT2D eigenvalue weighted by molar-refractivity contribution is -0.124. The molecule has 1 aliphatic carbocycles. The largest absolute Gasteiger partial charge is 0.370 e. The molecule has 1 saturated heterocycles. The number of ether oxygens (including phenoxy) is 1. The molecular weight excluding hydrogens is 324 g/mol. The van der Waals surface area contributed by atoms with Crippen LogP contribution in [0.25, 0.3) is 10.9 Å². The van der Waals surface area contributed by atoms with Gasteiger partial charge in [0, 0.05) is 24.5 Å². The van der Waals surface area contributed by atoms with Gasteiger partial charge in [-0.1, -0.05) is 37.5 Å². The van der Waals surface area contributed by atoms with Gasteiger partial charge in [-0.15, -0.1) is 0 Å². The first kappa shape index (κ1) is 17.5. The predicted octanol–water partition coefficient (Wildman–Crippen LogP) is 4.54. The van der Waals surface area contributed by atoms with Crippen LogP contribution in [-0.2, 0) is 9.53 Å². The van der Waals surface area contributed by atoms with Gasteiger partial charge in [0.25, 0.3) is 0 Å². The van der Waals surface area contributed by atoms with Crippen molar-refractivity contribution in [2.24, 2.45) is 5.92 Å². The number of carbonyl (C=O) groups excluding carboxylic acids is 1. The second-order valence-corrected chi connectivity index (χ2v) is 7.89. The molecular formula is C22H28N2O2. The zero-order valence-corrected chi connectivity index (χ0v) is 15.5. The van der Waals surface area contributed by atoms with E-state index in [1.807, 2.05) is 24.4 Å². The Morgan fingerprint density at radius 3 is 2.77 bits per heavy atom. The lowest BCUT2D eigenvalue weighted by Crippen LogP contribution is -2.44. The predicted molar refractivity (Wildman–Crippen MR) is 103 cm³/mol. The fraction of sp³-hybridized carbons (Fsp3) is 0.545. The molecule has 1 aromatic heterocycles. The van der Waals surface area contributed by atoms with E-state index in [1.165, 1.54) is 32.1 Å². The molecule has 2 aliphatic rings. The van der Waals surface area contributed by atoms with Crippen LogP contribution in [-0.4, -0.2) is 23.0 Å². The third-order valence-corrected chi connectivity index (χ3v) is 5.92. The van der Waals surface area contributed by atoms with Crippen LogP contribution in [0, 0.1) is 5.92 Å². The molecule has 2 heterocycles. The number of hydrogen-bond donors (Lipinski definition) is 1. The number of hydrogen-bond acceptors (Lipinski definition) is 3. The number of amides is 1. The molecule has 1 aromatic carbocycles. The highest BCUT2D eigenvalue weighted by molar-refractivity contribution is 5.78. The molecule has 26 heavy (non-hydrogen) atoms. The maximum atomic E-state index is 11.6. The van der Waals surface area contributed by atoms with E-state index >= 15 is 0 Å². The first-order valence-electron chi connectivity index (χ1n) is 9.96. The maximum Gasteiger partial charge on any atom is 0.217 e. The lowest BCUT2D eigenvalue weighted by Gasteiger charge is -2.40. The van der Waals surface area contributed by atoms with Crippen molar-refractivity contribution in [1.29, 1.82) is 0 Å². The summed E-state index contributed by atoms with van der Waals surface area (Å²) in [6.45, 7) is 1.61. The van der Waals surface area contributed by atoms with Crippen molar-refractivity contribution >= 4 is 16.8 Å². The van der Waals surface area contributed by atoms with E-state index in [-0.39, 0.29) is 24.2 Å². The fourth-order valence-corrected chi connectivity index (χ4v) is 4.65. The Morgan fingerprint density at radius 1 is 1.15 bits per heavy atom. The summed E-state index contributed by atoms with van der Waals surface area (Å²) >= 11 is 0. The summed E-state index contributed by atoms with van der Waals surface area (Å²) < 4.78 is 6.58. The van der Waals surface area contributed by atoms with E-state index in [0.717, 1.165) is 29.3 Å². The molecule has 138 valence electrons. The van der Waals surface area contributed by atoms with E-state index in [0.29, 0.717) is 5.92 Å². The van der Waals surface area contributed by atoms with Gasteiger partial charge in [-0.25, -0.2) is 0 Å². The Balaban J connectivity index is 1.58. The molecule has 1 amide bonds. The first-order chi connectivity index (χ1) is 12.7. The Bertz CT molecular complexity index is 770. The van der Waals surface area contributed by atoms with E-state index in [4.69, 9.17) is 4.74 Å². The third-order valence-electron chi connectivity index (χ3n) is 5.92. The molecule has 4 heteroatoms. The van der Waals surface area contributed by atoms with E-state index in [2.05, 4.69) is 22.4 Å². The number of nitrogens with zero attached hydrogens (tertiary/aromatic N) is 1. The van der Waals surface area contributed by atoms with Crippen molar-refractivity contribution in [3.8, 4) is 0 Å². The third kappa shape index (κ3) is 3.90. The number of pyridine rings is 1.